The molecule has 3 rings (SSSR count). The summed E-state index contributed by atoms with van der Waals surface area (Å²) in [5, 5.41) is 19.0. The third-order valence-electron chi connectivity index (χ3n) is 3.96. The van der Waals surface area contributed by atoms with E-state index in [0.29, 0.717) is 0 Å². The summed E-state index contributed by atoms with van der Waals surface area (Å²) in [6.45, 7) is 1.67. The van der Waals surface area contributed by atoms with Gasteiger partial charge in [0.15, 0.2) is 5.69 Å². The van der Waals surface area contributed by atoms with Crippen molar-refractivity contribution in [2.75, 3.05) is 18.4 Å². The summed E-state index contributed by atoms with van der Waals surface area (Å²) in [4.78, 5) is 8.25. The third kappa shape index (κ3) is 3.56. The topological polar surface area (TPSA) is 91.4 Å². The van der Waals surface area contributed by atoms with Crippen molar-refractivity contribution in [3.63, 3.8) is 0 Å². The van der Waals surface area contributed by atoms with Gasteiger partial charge in [-0.1, -0.05) is 0 Å². The molecule has 0 aromatic carbocycles. The molecule has 2 N–H and O–H groups in total. The summed E-state index contributed by atoms with van der Waals surface area (Å²) in [5.41, 5.74) is -1.64. The Hall–Kier alpha value is -2.67. The van der Waals surface area contributed by atoms with Crippen molar-refractivity contribution >= 4 is 5.95 Å². The summed E-state index contributed by atoms with van der Waals surface area (Å²) in [5.74, 6) is 0.229. The van der Waals surface area contributed by atoms with E-state index in [1.54, 1.807) is 6.07 Å². The quantitative estimate of drug-likeness (QED) is 0.878. The van der Waals surface area contributed by atoms with Crippen LogP contribution in [0.4, 0.5) is 19.1 Å². The first-order valence-electron chi connectivity index (χ1n) is 7.75. The summed E-state index contributed by atoms with van der Waals surface area (Å²) in [7, 11) is 1.30. The maximum Gasteiger partial charge on any atom is 0.435 e. The molecule has 0 bridgehead atoms. The van der Waals surface area contributed by atoms with Crippen LogP contribution < -0.4 is 10.6 Å². The minimum Gasteiger partial charge on any atom is -0.350 e. The molecule has 132 valence electrons. The average Bonchev–Trinajstić information content (AvgIpc) is 2.93. The number of rotatable bonds is 3. The molecule has 1 fully saturated rings. The molecule has 1 atom stereocenters. The predicted octanol–water partition coefficient (Wildman–Crippen LogP) is 1.93. The first kappa shape index (κ1) is 17.2. The molecule has 1 unspecified atom stereocenters. The highest BCUT2D eigenvalue weighted by atomic mass is 19.4. The Morgan fingerprint density at radius 3 is 2.88 bits per heavy atom. The Morgan fingerprint density at radius 2 is 2.24 bits per heavy atom. The second-order valence-electron chi connectivity index (χ2n) is 5.76. The molecule has 7 nitrogen and oxygen atoms in total. The van der Waals surface area contributed by atoms with E-state index in [2.05, 4.69) is 25.7 Å². The van der Waals surface area contributed by atoms with Crippen molar-refractivity contribution in [1.29, 1.82) is 5.26 Å². The minimum absolute atomic E-state index is 0.0123. The lowest BCUT2D eigenvalue weighted by atomic mass is 10.1. The number of halogens is 3. The van der Waals surface area contributed by atoms with E-state index >= 15 is 0 Å². The Bertz CT molecular complexity index is 800. The van der Waals surface area contributed by atoms with Crippen molar-refractivity contribution in [2.24, 2.45) is 7.05 Å². The van der Waals surface area contributed by atoms with Gasteiger partial charge in [0, 0.05) is 25.8 Å². The van der Waals surface area contributed by atoms with Gasteiger partial charge in [0.05, 0.1) is 11.3 Å². The summed E-state index contributed by atoms with van der Waals surface area (Å²) in [6, 6.07) is 3.22. The lowest BCUT2D eigenvalue weighted by Gasteiger charge is -2.23. The normalized spacial score (nSPS) is 18.0. The van der Waals surface area contributed by atoms with Gasteiger partial charge in [-0.15, -0.1) is 0 Å². The Labute approximate surface area is 141 Å². The van der Waals surface area contributed by atoms with E-state index in [4.69, 9.17) is 0 Å². The van der Waals surface area contributed by atoms with Gasteiger partial charge >= 0.3 is 6.18 Å². The van der Waals surface area contributed by atoms with E-state index in [0.717, 1.165) is 30.6 Å². The Kier molecular flexibility index (Phi) is 4.59. The van der Waals surface area contributed by atoms with Crippen LogP contribution in [-0.2, 0) is 13.2 Å². The molecule has 3 heterocycles. The lowest BCUT2D eigenvalue weighted by Crippen LogP contribution is -2.38. The van der Waals surface area contributed by atoms with Crippen LogP contribution in [0.15, 0.2) is 12.3 Å². The van der Waals surface area contributed by atoms with E-state index in [9.17, 15) is 18.4 Å². The maximum atomic E-state index is 13.3. The summed E-state index contributed by atoms with van der Waals surface area (Å²) < 4.78 is 40.8. The van der Waals surface area contributed by atoms with Crippen LogP contribution in [0, 0.1) is 11.3 Å². The number of hydrogen-bond donors (Lipinski definition) is 2. The second kappa shape index (κ2) is 6.68. The molecule has 2 aromatic heterocycles. The summed E-state index contributed by atoms with van der Waals surface area (Å²) in [6.07, 6.45) is -1.40. The van der Waals surface area contributed by atoms with Gasteiger partial charge in [-0.2, -0.15) is 23.5 Å². The zero-order valence-corrected chi connectivity index (χ0v) is 13.4. The Morgan fingerprint density at radius 1 is 1.44 bits per heavy atom. The van der Waals surface area contributed by atoms with Crippen LogP contribution in [0.2, 0.25) is 0 Å². The summed E-state index contributed by atoms with van der Waals surface area (Å²) >= 11 is 0. The number of aromatic nitrogens is 4. The van der Waals surface area contributed by atoms with Crippen LogP contribution in [0.25, 0.3) is 11.3 Å². The number of piperidine rings is 1. The highest BCUT2D eigenvalue weighted by Gasteiger charge is 2.40. The number of nitrogens with one attached hydrogen (secondary N) is 2. The van der Waals surface area contributed by atoms with Crippen molar-refractivity contribution in [2.45, 2.75) is 25.1 Å². The smallest absolute Gasteiger partial charge is 0.350 e. The molecule has 0 radical (unpaired) electrons. The molecule has 1 aliphatic heterocycles. The van der Waals surface area contributed by atoms with Crippen LogP contribution in [0.1, 0.15) is 24.2 Å². The molecule has 0 aliphatic carbocycles. The van der Waals surface area contributed by atoms with Gasteiger partial charge < -0.3 is 10.6 Å². The fraction of sp³-hybridized carbons (Fsp3) is 0.467. The van der Waals surface area contributed by atoms with Crippen LogP contribution in [0.3, 0.4) is 0 Å². The van der Waals surface area contributed by atoms with E-state index in [-0.39, 0.29) is 28.9 Å². The van der Waals surface area contributed by atoms with Crippen LogP contribution in [-0.4, -0.2) is 38.9 Å². The standard InChI is InChI=1S/C15H16F3N7/c1-25-11(7-19)12(13(24-25)15(16,17)18)10-4-6-21-14(23-10)22-9-3-2-5-20-8-9/h4,6,9,20H,2-3,5,8H2,1H3,(H,21,22,23). The van der Waals surface area contributed by atoms with Gasteiger partial charge in [0.2, 0.25) is 5.95 Å². The van der Waals surface area contributed by atoms with Crippen molar-refractivity contribution in [1.82, 2.24) is 25.1 Å². The van der Waals surface area contributed by atoms with E-state index in [1.165, 1.54) is 19.3 Å². The third-order valence-corrected chi connectivity index (χ3v) is 3.96. The van der Waals surface area contributed by atoms with Crippen LogP contribution >= 0.6 is 0 Å². The van der Waals surface area contributed by atoms with Gasteiger partial charge in [0.1, 0.15) is 11.8 Å². The molecule has 1 saturated heterocycles. The zero-order valence-electron chi connectivity index (χ0n) is 13.4. The fourth-order valence-electron chi connectivity index (χ4n) is 2.82. The van der Waals surface area contributed by atoms with Crippen LogP contribution in [0.5, 0.6) is 0 Å². The SMILES string of the molecule is Cn1nc(C(F)(F)F)c(-c2ccnc(NC3CCCNC3)n2)c1C#N. The maximum absolute atomic E-state index is 13.3. The largest absolute Gasteiger partial charge is 0.435 e. The van der Waals surface area contributed by atoms with Crippen molar-refractivity contribution in [3.05, 3.63) is 23.7 Å². The molecule has 10 heteroatoms. The molecule has 1 aliphatic rings. The number of anilines is 1. The van der Waals surface area contributed by atoms with Gasteiger partial charge in [-0.3, -0.25) is 4.68 Å². The number of alkyl halides is 3. The highest BCUT2D eigenvalue weighted by molar-refractivity contribution is 5.69. The number of nitriles is 1. The monoisotopic (exact) mass is 351 g/mol. The molecule has 0 spiro atoms. The highest BCUT2D eigenvalue weighted by Crippen LogP contribution is 2.37. The van der Waals surface area contributed by atoms with Gasteiger partial charge in [0.25, 0.3) is 0 Å². The lowest BCUT2D eigenvalue weighted by molar-refractivity contribution is -0.141. The van der Waals surface area contributed by atoms with Gasteiger partial charge in [-0.25, -0.2) is 9.97 Å². The number of hydrogen-bond acceptors (Lipinski definition) is 6. The first-order valence-corrected chi connectivity index (χ1v) is 7.75. The minimum atomic E-state index is -4.69. The molecular formula is C15H16F3N7. The van der Waals surface area contributed by atoms with E-state index < -0.39 is 11.9 Å². The first-order chi connectivity index (χ1) is 11.9. The van der Waals surface area contributed by atoms with Gasteiger partial charge in [-0.05, 0) is 25.5 Å². The van der Waals surface area contributed by atoms with Crippen molar-refractivity contribution < 1.29 is 13.2 Å². The number of aryl methyl sites for hydroxylation is 1. The van der Waals surface area contributed by atoms with Crippen molar-refractivity contribution in [3.8, 4) is 17.3 Å². The Balaban J connectivity index is 1.99. The van der Waals surface area contributed by atoms with E-state index in [1.807, 2.05) is 0 Å². The molecule has 0 amide bonds. The second-order valence-corrected chi connectivity index (χ2v) is 5.76. The molecule has 0 saturated carbocycles. The fourth-order valence-corrected chi connectivity index (χ4v) is 2.82. The zero-order chi connectivity index (χ0) is 18.0. The molecular weight excluding hydrogens is 335 g/mol. The molecule has 2 aromatic rings. The number of nitrogens with zero attached hydrogens (tertiary/aromatic N) is 5. The predicted molar refractivity (Wildman–Crippen MR) is 83.5 cm³/mol. The molecule has 25 heavy (non-hydrogen) atoms. The average molecular weight is 351 g/mol.